The van der Waals surface area contributed by atoms with Crippen molar-refractivity contribution in [3.05, 3.63) is 70.8 Å². The van der Waals surface area contributed by atoms with Gasteiger partial charge in [0.05, 0.1) is 16.9 Å². The van der Waals surface area contributed by atoms with E-state index in [0.717, 1.165) is 43.0 Å². The van der Waals surface area contributed by atoms with Gasteiger partial charge in [0.15, 0.2) is 0 Å². The van der Waals surface area contributed by atoms with E-state index in [-0.39, 0.29) is 53.8 Å². The van der Waals surface area contributed by atoms with Crippen LogP contribution >= 0.6 is 15.6 Å². The van der Waals surface area contributed by atoms with Crippen LogP contribution in [0.5, 0.6) is 17.2 Å². The number of hydrogen-bond donors (Lipinski definition) is 6. The van der Waals surface area contributed by atoms with Crippen molar-refractivity contribution in [3.8, 4) is 17.2 Å². The molecule has 46 heavy (non-hydrogen) atoms. The maximum atomic E-state index is 13.8. The Morgan fingerprint density at radius 3 is 1.98 bits per heavy atom. The van der Waals surface area contributed by atoms with Crippen LogP contribution in [0.2, 0.25) is 0 Å². The number of anilines is 3. The molecule has 1 aliphatic heterocycles. The third-order valence-electron chi connectivity index (χ3n) is 6.29. The Bertz CT molecular complexity index is 1530. The molecule has 1 heterocycles. The van der Waals surface area contributed by atoms with E-state index in [1.165, 1.54) is 28.2 Å². The van der Waals surface area contributed by atoms with E-state index in [4.69, 9.17) is 0 Å². The molecule has 0 saturated heterocycles. The van der Waals surface area contributed by atoms with Crippen molar-refractivity contribution in [2.45, 2.75) is 53.4 Å². The number of nitrogens with zero attached hydrogens (tertiary/aromatic N) is 1. The second kappa shape index (κ2) is 18.6. The molecule has 0 spiro atoms. The third-order valence-corrected chi connectivity index (χ3v) is 7.14. The molecule has 0 atom stereocenters. The number of nitrogens with one attached hydrogen (secondary N) is 1. The van der Waals surface area contributed by atoms with Crippen molar-refractivity contribution >= 4 is 38.6 Å². The molecule has 0 radical (unpaired) electrons. The summed E-state index contributed by atoms with van der Waals surface area (Å²) in [6.45, 7) is 8.02. The number of carbonyl (C=O) groups excluding carboxylic acids is 1. The van der Waals surface area contributed by atoms with Crippen molar-refractivity contribution < 1.29 is 47.7 Å². The van der Waals surface area contributed by atoms with E-state index < -0.39 is 38.8 Å². The smallest absolute Gasteiger partial charge is 0.260 e. The molecule has 260 valence electrons. The van der Waals surface area contributed by atoms with E-state index in [1.807, 2.05) is 6.92 Å². The topological polar surface area (TPSA) is 343 Å². The molecule has 0 bridgehead atoms. The maximum Gasteiger partial charge on any atom is 0.260 e. The number of quaternary nitrogens is 4. The third kappa shape index (κ3) is 13.1. The Hall–Kier alpha value is -3.53. The van der Waals surface area contributed by atoms with Gasteiger partial charge in [0.1, 0.15) is 38.6 Å². The number of phenols is 1. The predicted octanol–water partition coefficient (Wildman–Crippen LogP) is 5.43. The molecule has 18 N–H and O–H groups in total. The molecule has 2 aromatic rings. The molecule has 0 unspecified atom stereocenters. The Morgan fingerprint density at radius 2 is 1.41 bits per heavy atom. The number of phosphoric acid groups is 2. The van der Waals surface area contributed by atoms with Crippen molar-refractivity contribution in [1.29, 1.82) is 0 Å². The van der Waals surface area contributed by atoms with Crippen LogP contribution in [0.4, 0.5) is 17.1 Å². The fraction of sp³-hybridized carbons (Fsp3) is 0.321. The van der Waals surface area contributed by atoms with Crippen LogP contribution in [0.3, 0.4) is 0 Å². The summed E-state index contributed by atoms with van der Waals surface area (Å²) in [6.07, 6.45) is 9.49. The van der Waals surface area contributed by atoms with E-state index in [0.29, 0.717) is 6.42 Å². The average Bonchev–Trinajstić information content (AvgIpc) is 2.96. The summed E-state index contributed by atoms with van der Waals surface area (Å²) < 4.78 is 31.6. The van der Waals surface area contributed by atoms with Gasteiger partial charge in [-0.15, -0.1) is 0 Å². The van der Waals surface area contributed by atoms with Gasteiger partial charge >= 0.3 is 0 Å². The molecule has 1 aliphatic rings. The lowest BCUT2D eigenvalue weighted by Gasteiger charge is -2.30. The number of amides is 1. The van der Waals surface area contributed by atoms with Crippen LogP contribution < -0.4 is 63.4 Å². The molecular weight excluding hydrogens is 642 g/mol. The van der Waals surface area contributed by atoms with Gasteiger partial charge in [-0.05, 0) is 65.5 Å². The van der Waals surface area contributed by atoms with E-state index in [2.05, 4.69) is 47.3 Å². The number of phenolic OH excluding ortho intramolecular Hbond substituents is 1. The molecule has 0 fully saturated rings. The number of rotatable bonds is 12. The van der Waals surface area contributed by atoms with E-state index in [9.17, 15) is 38.6 Å². The van der Waals surface area contributed by atoms with Crippen LogP contribution in [-0.4, -0.2) is 17.6 Å². The predicted molar refractivity (Wildman–Crippen MR) is 175 cm³/mol. The zero-order chi connectivity index (χ0) is 31.2. The first-order chi connectivity index (χ1) is 19.5. The van der Waals surface area contributed by atoms with Gasteiger partial charge in [0, 0.05) is 18.7 Å². The second-order valence-corrected chi connectivity index (χ2v) is 12.2. The summed E-state index contributed by atoms with van der Waals surface area (Å²) in [5.74, 6) is -2.35. The summed E-state index contributed by atoms with van der Waals surface area (Å²) >= 11 is 0. The highest BCUT2D eigenvalue weighted by Crippen LogP contribution is 2.48. The van der Waals surface area contributed by atoms with Gasteiger partial charge in [-0.1, -0.05) is 41.0 Å². The molecule has 16 nitrogen and oxygen atoms in total. The van der Waals surface area contributed by atoms with Gasteiger partial charge in [0.25, 0.3) is 5.91 Å². The van der Waals surface area contributed by atoms with Crippen molar-refractivity contribution in [2.75, 3.05) is 16.8 Å². The SMILES string of the molecule is CC(C)=CCCC(C)=CCCC(C)=CCN1C(=O)c2cccc(OP(=O)([O-])[O-])c2Nc2c(O)cc(OP(=O)([O-])[O-])cc21.[NH4+].[NH4+].[NH4+].[NH4+]. The van der Waals surface area contributed by atoms with Gasteiger partial charge in [-0.3, -0.25) is 4.79 Å². The summed E-state index contributed by atoms with van der Waals surface area (Å²) in [5.41, 5.74) is 2.93. The first-order valence-corrected chi connectivity index (χ1v) is 15.9. The largest absolute Gasteiger partial charge is 0.780 e. The number of fused-ring (bicyclic) bond motifs is 2. The van der Waals surface area contributed by atoms with E-state index >= 15 is 0 Å². The lowest BCUT2D eigenvalue weighted by atomic mass is 10.1. The Morgan fingerprint density at radius 1 is 0.848 bits per heavy atom. The summed E-state index contributed by atoms with van der Waals surface area (Å²) in [4.78, 5) is 60.1. The fourth-order valence-electron chi connectivity index (χ4n) is 4.29. The zero-order valence-electron chi connectivity index (χ0n) is 27.6. The van der Waals surface area contributed by atoms with Gasteiger partial charge in [-0.25, -0.2) is 0 Å². The monoisotopic (exact) mass is 690 g/mol. The van der Waals surface area contributed by atoms with Crippen molar-refractivity contribution in [3.63, 3.8) is 0 Å². The summed E-state index contributed by atoms with van der Waals surface area (Å²) in [5, 5.41) is 13.5. The second-order valence-electron chi connectivity index (χ2n) is 10.1. The Labute approximate surface area is 269 Å². The number of benzene rings is 2. The highest BCUT2D eigenvalue weighted by Gasteiger charge is 2.31. The zero-order valence-corrected chi connectivity index (χ0v) is 29.4. The molecule has 3 rings (SSSR count). The lowest BCUT2D eigenvalue weighted by Crippen LogP contribution is -2.30. The fourth-order valence-corrected chi connectivity index (χ4v) is 5.05. The molecule has 1 amide bonds. The van der Waals surface area contributed by atoms with Crippen LogP contribution in [-0.2, 0) is 9.13 Å². The molecular formula is C28H48N6O10P2. The number of para-hydroxylation sites is 1. The highest BCUT2D eigenvalue weighted by molar-refractivity contribution is 7.43. The quantitative estimate of drug-likeness (QED) is 0.0925. The molecule has 0 aromatic heterocycles. The normalized spacial score (nSPS) is 12.8. The Kier molecular flexibility index (Phi) is 18.0. The van der Waals surface area contributed by atoms with Gasteiger partial charge in [-0.2, -0.15) is 0 Å². The number of hydrogen-bond acceptors (Lipinski definition) is 11. The minimum atomic E-state index is -5.53. The van der Waals surface area contributed by atoms with E-state index in [1.54, 1.807) is 6.08 Å². The van der Waals surface area contributed by atoms with Crippen LogP contribution in [0.25, 0.3) is 0 Å². The number of allylic oxidation sites excluding steroid dienone is 5. The first-order valence-electron chi connectivity index (χ1n) is 13.0. The number of carbonyl (C=O) groups is 1. The average molecular weight is 691 g/mol. The molecule has 2 aromatic carbocycles. The minimum Gasteiger partial charge on any atom is -0.780 e. The van der Waals surface area contributed by atoms with Crippen LogP contribution in [0.1, 0.15) is 63.7 Å². The van der Waals surface area contributed by atoms with Crippen LogP contribution in [0, 0.1) is 0 Å². The Balaban J connectivity index is 0. The lowest BCUT2D eigenvalue weighted by molar-refractivity contribution is -0.335. The van der Waals surface area contributed by atoms with Crippen molar-refractivity contribution in [2.24, 2.45) is 0 Å². The molecule has 0 saturated carbocycles. The van der Waals surface area contributed by atoms with Gasteiger partial charge in [0.2, 0.25) is 0 Å². The van der Waals surface area contributed by atoms with Crippen LogP contribution in [0.15, 0.2) is 65.3 Å². The van der Waals surface area contributed by atoms with Gasteiger partial charge < -0.3 is 77.7 Å². The summed E-state index contributed by atoms with van der Waals surface area (Å²) in [6, 6.07) is 5.72. The number of phosphoric ester groups is 2. The maximum absolute atomic E-state index is 13.8. The summed E-state index contributed by atoms with van der Waals surface area (Å²) in [7, 11) is -11.1. The molecule has 0 aliphatic carbocycles. The number of aromatic hydroxyl groups is 1. The van der Waals surface area contributed by atoms with Crippen molar-refractivity contribution in [1.82, 2.24) is 24.6 Å². The highest BCUT2D eigenvalue weighted by atomic mass is 31.2. The minimum absolute atomic E-state index is 0. The first kappa shape index (κ1) is 44.6. The molecule has 18 heteroatoms. The standard InChI is InChI=1S/C28H36N2O10P2.4H3N/c1-18(2)8-5-9-19(3)10-6-11-20(4)14-15-30-23-16-21(39-41(33,34)35)17-24(31)27(23)29-26-22(28(30)32)12-7-13-25(26)40-42(36,37)38;;;;/h7-8,10,12-14,16-17,29,31H,5-6,9,11,15H2,1-4H3,(H2,33,34,35)(H2,36,37,38);4*1H3.